The number of sulfonamides is 1. The van der Waals surface area contributed by atoms with Gasteiger partial charge in [0.1, 0.15) is 0 Å². The fourth-order valence-electron chi connectivity index (χ4n) is 1.73. The molecular formula is C8H16N2O3S. The largest absolute Gasteiger partial charge is 0.395 e. The maximum atomic E-state index is 11.8. The molecule has 82 valence electrons. The Kier molecular flexibility index (Phi) is 2.79. The van der Waals surface area contributed by atoms with Gasteiger partial charge in [-0.1, -0.05) is 0 Å². The minimum absolute atomic E-state index is 0.00329. The second-order valence-corrected chi connectivity index (χ2v) is 6.15. The number of aliphatic hydroxyl groups is 1. The van der Waals surface area contributed by atoms with Crippen LogP contribution in [0.2, 0.25) is 0 Å². The van der Waals surface area contributed by atoms with E-state index in [-0.39, 0.29) is 17.9 Å². The third-order valence-corrected chi connectivity index (χ3v) is 5.11. The quantitative estimate of drug-likeness (QED) is 0.623. The number of hydrogen-bond donors (Lipinski definition) is 2. The van der Waals surface area contributed by atoms with Gasteiger partial charge in [0, 0.05) is 25.7 Å². The summed E-state index contributed by atoms with van der Waals surface area (Å²) in [5.41, 5.74) is 0. The fourth-order valence-corrected chi connectivity index (χ4v) is 3.61. The molecule has 0 radical (unpaired) electrons. The average molecular weight is 220 g/mol. The van der Waals surface area contributed by atoms with E-state index in [4.69, 9.17) is 5.11 Å². The minimum Gasteiger partial charge on any atom is -0.395 e. The van der Waals surface area contributed by atoms with E-state index in [0.29, 0.717) is 19.6 Å². The van der Waals surface area contributed by atoms with Gasteiger partial charge in [0.05, 0.1) is 11.9 Å². The first-order valence-electron chi connectivity index (χ1n) is 4.98. The molecule has 0 spiro atoms. The van der Waals surface area contributed by atoms with E-state index in [9.17, 15) is 8.42 Å². The van der Waals surface area contributed by atoms with Gasteiger partial charge in [0.15, 0.2) is 0 Å². The summed E-state index contributed by atoms with van der Waals surface area (Å²) < 4.78 is 25.2. The normalized spacial score (nSPS) is 30.5. The number of hydrogen-bond acceptors (Lipinski definition) is 4. The second kappa shape index (κ2) is 3.77. The molecule has 0 bridgehead atoms. The van der Waals surface area contributed by atoms with E-state index in [0.717, 1.165) is 12.8 Å². The smallest absolute Gasteiger partial charge is 0.217 e. The molecule has 1 aliphatic carbocycles. The molecule has 0 aromatic heterocycles. The fraction of sp³-hybridized carbons (Fsp3) is 1.00. The molecule has 5 nitrogen and oxygen atoms in total. The van der Waals surface area contributed by atoms with E-state index in [1.165, 1.54) is 4.31 Å². The molecule has 0 aromatic carbocycles. The molecule has 1 aliphatic heterocycles. The van der Waals surface area contributed by atoms with Crippen molar-refractivity contribution in [2.24, 2.45) is 0 Å². The zero-order valence-electron chi connectivity index (χ0n) is 8.02. The molecule has 0 aromatic rings. The Morgan fingerprint density at radius 2 is 2.14 bits per heavy atom. The van der Waals surface area contributed by atoms with Crippen LogP contribution in [0, 0.1) is 0 Å². The van der Waals surface area contributed by atoms with Gasteiger partial charge in [-0.25, -0.2) is 8.42 Å². The Labute approximate surface area is 84.1 Å². The van der Waals surface area contributed by atoms with Crippen molar-refractivity contribution in [3.05, 3.63) is 0 Å². The standard InChI is InChI=1S/C8H16N2O3S/c11-6-7-5-10(4-3-9-7)14(12,13)8-1-2-8/h7-9,11H,1-6H2/t7-/m1/s1. The molecule has 1 saturated heterocycles. The predicted octanol–water partition coefficient (Wildman–Crippen LogP) is -1.26. The van der Waals surface area contributed by atoms with Crippen LogP contribution >= 0.6 is 0 Å². The maximum absolute atomic E-state index is 11.8. The van der Waals surface area contributed by atoms with Crippen LogP contribution in [0.15, 0.2) is 0 Å². The van der Waals surface area contributed by atoms with E-state index in [2.05, 4.69) is 5.32 Å². The first kappa shape index (κ1) is 10.4. The van der Waals surface area contributed by atoms with E-state index in [1.54, 1.807) is 0 Å². The molecule has 1 atom stereocenters. The third kappa shape index (κ3) is 1.93. The lowest BCUT2D eigenvalue weighted by Gasteiger charge is -2.31. The van der Waals surface area contributed by atoms with Gasteiger partial charge in [0.2, 0.25) is 10.0 Å². The van der Waals surface area contributed by atoms with Crippen molar-refractivity contribution in [1.82, 2.24) is 9.62 Å². The second-order valence-electron chi connectivity index (χ2n) is 3.94. The summed E-state index contributed by atoms with van der Waals surface area (Å²) in [6, 6.07) is -0.0997. The van der Waals surface area contributed by atoms with Gasteiger partial charge < -0.3 is 10.4 Å². The molecule has 2 aliphatic rings. The number of aliphatic hydroxyl groups excluding tert-OH is 1. The molecule has 6 heteroatoms. The van der Waals surface area contributed by atoms with E-state index < -0.39 is 10.0 Å². The van der Waals surface area contributed by atoms with E-state index >= 15 is 0 Å². The summed E-state index contributed by atoms with van der Waals surface area (Å²) in [6.45, 7) is 1.58. The van der Waals surface area contributed by atoms with Crippen LogP contribution in [0.5, 0.6) is 0 Å². The molecular weight excluding hydrogens is 204 g/mol. The molecule has 1 saturated carbocycles. The Morgan fingerprint density at radius 1 is 1.43 bits per heavy atom. The lowest BCUT2D eigenvalue weighted by atomic mass is 10.2. The molecule has 0 unspecified atom stereocenters. The van der Waals surface area contributed by atoms with Crippen LogP contribution in [0.3, 0.4) is 0 Å². The van der Waals surface area contributed by atoms with Crippen LogP contribution in [-0.4, -0.2) is 55.4 Å². The molecule has 2 fully saturated rings. The van der Waals surface area contributed by atoms with Crippen molar-refractivity contribution in [3.8, 4) is 0 Å². The first-order chi connectivity index (χ1) is 6.64. The first-order valence-corrected chi connectivity index (χ1v) is 6.48. The van der Waals surface area contributed by atoms with Gasteiger partial charge in [-0.3, -0.25) is 0 Å². The molecule has 2 rings (SSSR count). The van der Waals surface area contributed by atoms with Crippen molar-refractivity contribution < 1.29 is 13.5 Å². The van der Waals surface area contributed by atoms with E-state index in [1.807, 2.05) is 0 Å². The zero-order valence-corrected chi connectivity index (χ0v) is 8.83. The Hall–Kier alpha value is -0.170. The number of nitrogens with zero attached hydrogens (tertiary/aromatic N) is 1. The molecule has 0 amide bonds. The van der Waals surface area contributed by atoms with Crippen molar-refractivity contribution in [2.45, 2.75) is 24.1 Å². The summed E-state index contributed by atoms with van der Waals surface area (Å²) in [7, 11) is -3.05. The minimum atomic E-state index is -3.05. The summed E-state index contributed by atoms with van der Waals surface area (Å²) >= 11 is 0. The summed E-state index contributed by atoms with van der Waals surface area (Å²) in [5, 5.41) is 11.9. The van der Waals surface area contributed by atoms with Crippen molar-refractivity contribution in [1.29, 1.82) is 0 Å². The third-order valence-electron chi connectivity index (χ3n) is 2.74. The lowest BCUT2D eigenvalue weighted by Crippen LogP contribution is -2.54. The highest BCUT2D eigenvalue weighted by Gasteiger charge is 2.41. The summed E-state index contributed by atoms with van der Waals surface area (Å²) in [6.07, 6.45) is 1.60. The molecule has 14 heavy (non-hydrogen) atoms. The molecule has 2 N–H and O–H groups in total. The zero-order chi connectivity index (χ0) is 10.2. The van der Waals surface area contributed by atoms with Crippen molar-refractivity contribution >= 4 is 10.0 Å². The Bertz CT molecular complexity index is 300. The average Bonchev–Trinajstić information content (AvgIpc) is 3.01. The van der Waals surface area contributed by atoms with Gasteiger partial charge >= 0.3 is 0 Å². The number of nitrogens with one attached hydrogen (secondary N) is 1. The van der Waals surface area contributed by atoms with Crippen LogP contribution in [-0.2, 0) is 10.0 Å². The number of piperazine rings is 1. The van der Waals surface area contributed by atoms with Gasteiger partial charge in [-0.05, 0) is 12.8 Å². The van der Waals surface area contributed by atoms with Gasteiger partial charge in [0.25, 0.3) is 0 Å². The Morgan fingerprint density at radius 3 is 2.71 bits per heavy atom. The predicted molar refractivity (Wildman–Crippen MR) is 52.4 cm³/mol. The van der Waals surface area contributed by atoms with Crippen LogP contribution in [0.1, 0.15) is 12.8 Å². The lowest BCUT2D eigenvalue weighted by molar-refractivity contribution is 0.195. The van der Waals surface area contributed by atoms with Crippen molar-refractivity contribution in [2.75, 3.05) is 26.2 Å². The van der Waals surface area contributed by atoms with Crippen LogP contribution in [0.4, 0.5) is 0 Å². The summed E-state index contributed by atoms with van der Waals surface area (Å²) in [4.78, 5) is 0. The monoisotopic (exact) mass is 220 g/mol. The van der Waals surface area contributed by atoms with Gasteiger partial charge in [-0.2, -0.15) is 4.31 Å². The van der Waals surface area contributed by atoms with Crippen LogP contribution in [0.25, 0.3) is 0 Å². The number of rotatable bonds is 3. The molecule has 1 heterocycles. The SMILES string of the molecule is O=S(=O)(C1CC1)N1CCN[C@@H](CO)C1. The van der Waals surface area contributed by atoms with Crippen LogP contribution < -0.4 is 5.32 Å². The maximum Gasteiger partial charge on any atom is 0.217 e. The topological polar surface area (TPSA) is 69.6 Å². The highest BCUT2D eigenvalue weighted by molar-refractivity contribution is 7.90. The van der Waals surface area contributed by atoms with Crippen molar-refractivity contribution in [3.63, 3.8) is 0 Å². The highest BCUT2D eigenvalue weighted by Crippen LogP contribution is 2.31. The summed E-state index contributed by atoms with van der Waals surface area (Å²) in [5.74, 6) is 0. The van der Waals surface area contributed by atoms with Gasteiger partial charge in [-0.15, -0.1) is 0 Å². The highest BCUT2D eigenvalue weighted by atomic mass is 32.2. The Balaban J connectivity index is 2.03.